The van der Waals surface area contributed by atoms with E-state index in [4.69, 9.17) is 9.97 Å². The van der Waals surface area contributed by atoms with Gasteiger partial charge in [0.15, 0.2) is 0 Å². The molecule has 2 heterocycles. The van der Waals surface area contributed by atoms with Gasteiger partial charge in [-0.2, -0.15) is 0 Å². The second-order valence-corrected chi connectivity index (χ2v) is 8.78. The van der Waals surface area contributed by atoms with E-state index in [2.05, 4.69) is 10.6 Å². The summed E-state index contributed by atoms with van der Waals surface area (Å²) in [4.78, 5) is 24.4. The summed E-state index contributed by atoms with van der Waals surface area (Å²) in [6, 6.07) is 0. The van der Waals surface area contributed by atoms with Gasteiger partial charge in [-0.3, -0.25) is 4.79 Å². The number of thiophene rings is 1. The van der Waals surface area contributed by atoms with Crippen LogP contribution in [0, 0.1) is 5.92 Å². The lowest BCUT2D eigenvalue weighted by molar-refractivity contribution is -0.119. The highest BCUT2D eigenvalue weighted by molar-refractivity contribution is 7.19. The number of aromatic nitrogens is 2. The lowest BCUT2D eigenvalue weighted by Gasteiger charge is -2.13. The molecule has 1 amide bonds. The number of fused-ring (bicyclic) bond motifs is 3. The number of nitrogens with one attached hydrogen (secondary N) is 2. The van der Waals surface area contributed by atoms with Crippen LogP contribution in [-0.4, -0.2) is 29.0 Å². The fourth-order valence-corrected chi connectivity index (χ4v) is 4.90. The van der Waals surface area contributed by atoms with Crippen LogP contribution in [0.15, 0.2) is 0 Å². The molecule has 0 spiro atoms. The largest absolute Gasteiger partial charge is 0.360 e. The summed E-state index contributed by atoms with van der Waals surface area (Å²) in [7, 11) is 0. The summed E-state index contributed by atoms with van der Waals surface area (Å²) in [5.74, 6) is 3.14. The van der Waals surface area contributed by atoms with Gasteiger partial charge in [0, 0.05) is 17.3 Å². The fourth-order valence-electron chi connectivity index (χ4n) is 3.63. The maximum Gasteiger partial charge on any atom is 0.239 e. The first-order valence-corrected chi connectivity index (χ1v) is 10.4. The molecule has 5 nitrogen and oxygen atoms in total. The van der Waals surface area contributed by atoms with Crippen molar-refractivity contribution < 1.29 is 4.79 Å². The van der Waals surface area contributed by atoms with Gasteiger partial charge in [-0.25, -0.2) is 9.97 Å². The summed E-state index contributed by atoms with van der Waals surface area (Å²) < 4.78 is 0. The minimum absolute atomic E-state index is 0.0655. The van der Waals surface area contributed by atoms with Crippen molar-refractivity contribution in [2.24, 2.45) is 5.92 Å². The van der Waals surface area contributed by atoms with Crippen molar-refractivity contribution in [1.29, 1.82) is 0 Å². The van der Waals surface area contributed by atoms with Crippen LogP contribution < -0.4 is 10.6 Å². The number of nitrogens with zero attached hydrogens (tertiary/aromatic N) is 2. The zero-order valence-corrected chi connectivity index (χ0v) is 15.3. The topological polar surface area (TPSA) is 66.9 Å². The number of hydrogen-bond acceptors (Lipinski definition) is 5. The smallest absolute Gasteiger partial charge is 0.239 e. The van der Waals surface area contributed by atoms with E-state index in [1.165, 1.54) is 54.4 Å². The molecular formula is C19H24N4OS. The molecule has 0 aromatic carbocycles. The minimum Gasteiger partial charge on any atom is -0.360 e. The fraction of sp³-hybridized carbons (Fsp3) is 0.632. The molecule has 0 radical (unpaired) electrons. The number of anilines is 1. The normalized spacial score (nSPS) is 19.7. The number of amides is 1. The molecular weight excluding hydrogens is 332 g/mol. The third kappa shape index (κ3) is 3.24. The summed E-state index contributed by atoms with van der Waals surface area (Å²) in [5, 5.41) is 7.54. The van der Waals surface area contributed by atoms with Gasteiger partial charge in [0.05, 0.1) is 11.9 Å². The van der Waals surface area contributed by atoms with Crippen molar-refractivity contribution in [1.82, 2.24) is 15.3 Å². The Labute approximate surface area is 151 Å². The molecule has 2 N–H and O–H groups in total. The molecule has 132 valence electrons. The number of hydrogen-bond donors (Lipinski definition) is 2. The van der Waals surface area contributed by atoms with E-state index in [0.29, 0.717) is 18.4 Å². The Bertz CT molecular complexity index is 822. The van der Waals surface area contributed by atoms with Crippen LogP contribution in [0.3, 0.4) is 0 Å². The Morgan fingerprint density at radius 2 is 1.96 bits per heavy atom. The van der Waals surface area contributed by atoms with Gasteiger partial charge in [-0.1, -0.05) is 0 Å². The van der Waals surface area contributed by atoms with Crippen LogP contribution in [0.5, 0.6) is 0 Å². The molecule has 0 unspecified atom stereocenters. The minimum atomic E-state index is 0.0655. The molecule has 0 atom stereocenters. The third-order valence-corrected chi connectivity index (χ3v) is 6.66. The Morgan fingerprint density at radius 1 is 1.12 bits per heavy atom. The molecule has 5 rings (SSSR count). The van der Waals surface area contributed by atoms with Gasteiger partial charge in [0.25, 0.3) is 0 Å². The number of aryl methyl sites for hydroxylation is 2. The van der Waals surface area contributed by atoms with E-state index in [1.807, 2.05) is 11.3 Å². The Balaban J connectivity index is 1.42. The Morgan fingerprint density at radius 3 is 2.76 bits per heavy atom. The predicted octanol–water partition coefficient (Wildman–Crippen LogP) is 3.39. The standard InChI is InChI=1S/C19H24N4OS/c24-15(20-9-11-5-6-11)10-21-18-16-13-3-1-2-4-14(13)25-19(16)23-17(22-18)12-7-8-12/h11-12H,1-10H2,(H,20,24)(H,21,22,23). The molecule has 0 saturated heterocycles. The molecule has 25 heavy (non-hydrogen) atoms. The molecule has 3 aliphatic rings. The zero-order valence-electron chi connectivity index (χ0n) is 14.4. The molecule has 2 saturated carbocycles. The lowest BCUT2D eigenvalue weighted by Crippen LogP contribution is -2.31. The second kappa shape index (κ2) is 6.24. The average molecular weight is 356 g/mol. The number of rotatable bonds is 6. The van der Waals surface area contributed by atoms with E-state index in [1.54, 1.807) is 0 Å². The van der Waals surface area contributed by atoms with Gasteiger partial charge in [0.2, 0.25) is 5.91 Å². The van der Waals surface area contributed by atoms with Gasteiger partial charge in [-0.05, 0) is 62.8 Å². The van der Waals surface area contributed by atoms with Crippen molar-refractivity contribution in [2.45, 2.75) is 57.3 Å². The van der Waals surface area contributed by atoms with E-state index in [0.717, 1.165) is 35.9 Å². The highest BCUT2D eigenvalue weighted by Crippen LogP contribution is 2.43. The highest BCUT2D eigenvalue weighted by Gasteiger charge is 2.29. The van der Waals surface area contributed by atoms with E-state index in [-0.39, 0.29) is 5.91 Å². The first-order chi connectivity index (χ1) is 12.3. The second-order valence-electron chi connectivity index (χ2n) is 7.70. The van der Waals surface area contributed by atoms with E-state index >= 15 is 0 Å². The first kappa shape index (κ1) is 15.6. The van der Waals surface area contributed by atoms with Crippen LogP contribution in [0.4, 0.5) is 5.82 Å². The molecule has 2 aromatic heterocycles. The van der Waals surface area contributed by atoms with Crippen LogP contribution in [0.25, 0.3) is 10.2 Å². The van der Waals surface area contributed by atoms with Crippen molar-refractivity contribution in [3.8, 4) is 0 Å². The summed E-state index contributed by atoms with van der Waals surface area (Å²) >= 11 is 1.84. The van der Waals surface area contributed by atoms with Gasteiger partial charge < -0.3 is 10.6 Å². The summed E-state index contributed by atoms with van der Waals surface area (Å²) in [5.41, 5.74) is 1.43. The molecule has 2 fully saturated rings. The Hall–Kier alpha value is -1.69. The maximum absolute atomic E-state index is 12.1. The third-order valence-electron chi connectivity index (χ3n) is 5.48. The molecule has 3 aliphatic carbocycles. The van der Waals surface area contributed by atoms with E-state index < -0.39 is 0 Å². The average Bonchev–Trinajstić information content (AvgIpc) is 3.53. The predicted molar refractivity (Wildman–Crippen MR) is 100 cm³/mol. The molecule has 6 heteroatoms. The first-order valence-electron chi connectivity index (χ1n) is 9.60. The lowest BCUT2D eigenvalue weighted by atomic mass is 9.97. The van der Waals surface area contributed by atoms with Gasteiger partial charge in [0.1, 0.15) is 16.5 Å². The van der Waals surface area contributed by atoms with Crippen LogP contribution in [0.1, 0.15) is 60.7 Å². The molecule has 2 aromatic rings. The number of carbonyl (C=O) groups is 1. The van der Waals surface area contributed by atoms with Gasteiger partial charge >= 0.3 is 0 Å². The summed E-state index contributed by atoms with van der Waals surface area (Å²) in [6.45, 7) is 1.12. The Kier molecular flexibility index (Phi) is 3.88. The highest BCUT2D eigenvalue weighted by atomic mass is 32.1. The van der Waals surface area contributed by atoms with Crippen molar-refractivity contribution >= 4 is 33.3 Å². The van der Waals surface area contributed by atoms with Crippen LogP contribution >= 0.6 is 11.3 Å². The maximum atomic E-state index is 12.1. The summed E-state index contributed by atoms with van der Waals surface area (Å²) in [6.07, 6.45) is 9.69. The van der Waals surface area contributed by atoms with Gasteiger partial charge in [-0.15, -0.1) is 11.3 Å². The van der Waals surface area contributed by atoms with Crippen molar-refractivity contribution in [3.05, 3.63) is 16.3 Å². The van der Waals surface area contributed by atoms with Crippen LogP contribution in [-0.2, 0) is 17.6 Å². The number of carbonyl (C=O) groups excluding carboxylic acids is 1. The molecule has 0 bridgehead atoms. The molecule has 0 aliphatic heterocycles. The monoisotopic (exact) mass is 356 g/mol. The zero-order chi connectivity index (χ0) is 16.8. The van der Waals surface area contributed by atoms with Crippen molar-refractivity contribution in [2.75, 3.05) is 18.4 Å². The van der Waals surface area contributed by atoms with Crippen LogP contribution in [0.2, 0.25) is 0 Å². The van der Waals surface area contributed by atoms with Crippen molar-refractivity contribution in [3.63, 3.8) is 0 Å². The van der Waals surface area contributed by atoms with E-state index in [9.17, 15) is 4.79 Å². The SMILES string of the molecule is O=C(CNc1nc(C2CC2)nc2sc3c(c12)CCCC3)NCC1CC1. The quantitative estimate of drug-likeness (QED) is 0.833.